The lowest BCUT2D eigenvalue weighted by atomic mass is 9.85. The minimum absolute atomic E-state index is 0. The maximum atomic E-state index is 5.87. The van der Waals surface area contributed by atoms with Crippen molar-refractivity contribution in [3.63, 3.8) is 0 Å². The first-order chi connectivity index (χ1) is 7.14. The first kappa shape index (κ1) is 17.3. The van der Waals surface area contributed by atoms with Gasteiger partial charge in [0.05, 0.1) is 0 Å². The van der Waals surface area contributed by atoms with Crippen LogP contribution in [-0.4, -0.2) is 0 Å². The summed E-state index contributed by atoms with van der Waals surface area (Å²) in [5.41, 5.74) is 8.10. The highest BCUT2D eigenvalue weighted by atomic mass is 35.6. The monoisotopic (exact) mass is 314 g/mol. The van der Waals surface area contributed by atoms with Crippen molar-refractivity contribution >= 4 is 47.2 Å². The molecule has 0 aromatic heterocycles. The van der Waals surface area contributed by atoms with E-state index in [9.17, 15) is 0 Å². The highest BCUT2D eigenvalue weighted by Crippen LogP contribution is 2.39. The number of rotatable bonds is 1. The molecule has 0 saturated heterocycles. The Morgan fingerprint density at radius 2 is 1.71 bits per heavy atom. The molecule has 0 aliphatic carbocycles. The predicted molar refractivity (Wildman–Crippen MR) is 78.4 cm³/mol. The zero-order chi connectivity index (χ0) is 12.6. The van der Waals surface area contributed by atoms with Crippen LogP contribution in [0.15, 0.2) is 12.1 Å². The molecule has 1 nitrogen and oxygen atoms in total. The van der Waals surface area contributed by atoms with E-state index in [1.165, 1.54) is 0 Å². The van der Waals surface area contributed by atoms with Gasteiger partial charge < -0.3 is 5.73 Å². The summed E-state index contributed by atoms with van der Waals surface area (Å²) in [6.07, 6.45) is 0. The van der Waals surface area contributed by atoms with Crippen molar-refractivity contribution in [1.29, 1.82) is 0 Å². The summed E-state index contributed by atoms with van der Waals surface area (Å²) in [5, 5.41) is 0. The molecule has 0 saturated carbocycles. The highest BCUT2D eigenvalue weighted by Gasteiger charge is 2.26. The fraction of sp³-hybridized carbons (Fsp3) is 0.500. The van der Waals surface area contributed by atoms with Crippen molar-refractivity contribution in [2.24, 2.45) is 5.73 Å². The van der Waals surface area contributed by atoms with Gasteiger partial charge in [-0.05, 0) is 22.6 Å². The van der Waals surface area contributed by atoms with Crippen LogP contribution in [0.3, 0.4) is 0 Å². The molecule has 1 aromatic carbocycles. The van der Waals surface area contributed by atoms with Gasteiger partial charge in [0, 0.05) is 12.1 Å². The lowest BCUT2D eigenvalue weighted by Gasteiger charge is -2.22. The van der Waals surface area contributed by atoms with Gasteiger partial charge in [-0.3, -0.25) is 0 Å². The Bertz CT molecular complexity index is 345. The molecule has 1 radical (unpaired) electrons. The number of nitrogens with two attached hydrogens (primary N) is 1. The number of hydrogen-bond donors (Lipinski definition) is 1. The largest absolute Gasteiger partial charge is 0.326 e. The third-order valence-corrected chi connectivity index (χ3v) is 2.93. The highest BCUT2D eigenvalue weighted by molar-refractivity contribution is 6.66. The van der Waals surface area contributed by atoms with Crippen molar-refractivity contribution < 1.29 is 0 Å². The van der Waals surface area contributed by atoms with Crippen LogP contribution in [0.25, 0.3) is 0 Å². The van der Waals surface area contributed by atoms with E-state index in [-0.39, 0.29) is 17.8 Å². The molecule has 5 heteroatoms. The Kier molecular flexibility index (Phi) is 6.11. The van der Waals surface area contributed by atoms with Crippen molar-refractivity contribution in [2.75, 3.05) is 0 Å². The molecule has 0 aliphatic rings. The summed E-state index contributed by atoms with van der Waals surface area (Å²) < 4.78 is -1.45. The second-order valence-corrected chi connectivity index (χ2v) is 7.04. The van der Waals surface area contributed by atoms with Gasteiger partial charge in [-0.25, -0.2) is 0 Å². The lowest BCUT2D eigenvalue weighted by molar-refractivity contribution is 0.588. The Hall–Kier alpha value is 0.340. The fourth-order valence-electron chi connectivity index (χ4n) is 1.33. The van der Waals surface area contributed by atoms with E-state index in [0.717, 1.165) is 11.1 Å². The van der Waals surface area contributed by atoms with Gasteiger partial charge in [-0.2, -0.15) is 0 Å². The molecule has 0 heterocycles. The molecule has 2 N–H and O–H groups in total. The maximum Gasteiger partial charge on any atom is 0.216 e. The molecular weight excluding hydrogens is 300 g/mol. The quantitative estimate of drug-likeness (QED) is 0.759. The zero-order valence-corrected chi connectivity index (χ0v) is 13.1. The first-order valence-corrected chi connectivity index (χ1v) is 6.12. The SMILES string of the molecule is CC(C)(C)c1cc(CN)[c]c(C(Cl)(Cl)Cl)c1.Cl. The molecule has 17 heavy (non-hydrogen) atoms. The summed E-state index contributed by atoms with van der Waals surface area (Å²) in [7, 11) is 0. The zero-order valence-electron chi connectivity index (χ0n) is 9.98. The number of alkyl halides is 3. The van der Waals surface area contributed by atoms with Crippen molar-refractivity contribution in [3.8, 4) is 0 Å². The molecular formula is C12H16Cl4N. The van der Waals surface area contributed by atoms with Gasteiger partial charge in [-0.1, -0.05) is 67.7 Å². The average Bonchev–Trinajstić information content (AvgIpc) is 2.14. The van der Waals surface area contributed by atoms with Crippen LogP contribution in [0, 0.1) is 6.07 Å². The summed E-state index contributed by atoms with van der Waals surface area (Å²) in [5.74, 6) is 0. The third kappa shape index (κ3) is 4.84. The summed E-state index contributed by atoms with van der Waals surface area (Å²) >= 11 is 17.6. The molecule has 0 amide bonds. The Balaban J connectivity index is 0.00000256. The summed E-state index contributed by atoms with van der Waals surface area (Å²) in [6, 6.07) is 6.89. The van der Waals surface area contributed by atoms with Gasteiger partial charge in [0.2, 0.25) is 3.79 Å². The van der Waals surface area contributed by atoms with E-state index in [2.05, 4.69) is 26.8 Å². The normalized spacial score (nSPS) is 12.2. The minimum Gasteiger partial charge on any atom is -0.326 e. The van der Waals surface area contributed by atoms with Crippen LogP contribution < -0.4 is 5.73 Å². The third-order valence-electron chi connectivity index (χ3n) is 2.32. The topological polar surface area (TPSA) is 26.0 Å². The predicted octanol–water partition coefficient (Wildman–Crippen LogP) is 4.49. The van der Waals surface area contributed by atoms with Crippen LogP contribution in [-0.2, 0) is 15.8 Å². The molecule has 0 spiro atoms. The molecule has 0 bridgehead atoms. The van der Waals surface area contributed by atoms with Crippen LogP contribution in [0.5, 0.6) is 0 Å². The lowest BCUT2D eigenvalue weighted by Crippen LogP contribution is -2.15. The summed E-state index contributed by atoms with van der Waals surface area (Å²) in [4.78, 5) is 0. The second-order valence-electron chi connectivity index (χ2n) is 4.76. The number of halogens is 4. The molecule has 1 aromatic rings. The van der Waals surface area contributed by atoms with Gasteiger partial charge in [-0.15, -0.1) is 12.4 Å². The first-order valence-electron chi connectivity index (χ1n) is 4.98. The fourth-order valence-corrected chi connectivity index (χ4v) is 1.63. The van der Waals surface area contributed by atoms with Gasteiger partial charge in [0.1, 0.15) is 0 Å². The van der Waals surface area contributed by atoms with Crippen molar-refractivity contribution in [2.45, 2.75) is 36.5 Å². The van der Waals surface area contributed by atoms with Gasteiger partial charge >= 0.3 is 0 Å². The van der Waals surface area contributed by atoms with E-state index in [1.807, 2.05) is 12.1 Å². The standard InChI is InChI=1S/C12H15Cl3N.ClH/c1-11(2,3)9-4-8(7-16)5-10(6-9)12(13,14)15;/h4,6H,7,16H2,1-3H3;1H. The van der Waals surface area contributed by atoms with Crippen molar-refractivity contribution in [1.82, 2.24) is 0 Å². The molecule has 0 fully saturated rings. The van der Waals surface area contributed by atoms with E-state index in [0.29, 0.717) is 12.1 Å². The molecule has 0 atom stereocenters. The molecule has 1 rings (SSSR count). The molecule has 0 aliphatic heterocycles. The maximum absolute atomic E-state index is 5.87. The van der Waals surface area contributed by atoms with E-state index in [4.69, 9.17) is 40.5 Å². The van der Waals surface area contributed by atoms with E-state index >= 15 is 0 Å². The van der Waals surface area contributed by atoms with Gasteiger partial charge in [0.15, 0.2) is 0 Å². The van der Waals surface area contributed by atoms with Crippen LogP contribution >= 0.6 is 47.2 Å². The average molecular weight is 316 g/mol. The summed E-state index contributed by atoms with van der Waals surface area (Å²) in [6.45, 7) is 6.69. The number of benzene rings is 1. The van der Waals surface area contributed by atoms with Crippen LogP contribution in [0.2, 0.25) is 0 Å². The number of hydrogen-bond acceptors (Lipinski definition) is 1. The van der Waals surface area contributed by atoms with E-state index < -0.39 is 3.79 Å². The van der Waals surface area contributed by atoms with Crippen LogP contribution in [0.4, 0.5) is 0 Å². The van der Waals surface area contributed by atoms with Crippen molar-refractivity contribution in [3.05, 3.63) is 34.9 Å². The Morgan fingerprint density at radius 1 is 1.18 bits per heavy atom. The Morgan fingerprint density at radius 3 is 2.06 bits per heavy atom. The molecule has 0 unspecified atom stereocenters. The van der Waals surface area contributed by atoms with Gasteiger partial charge in [0.25, 0.3) is 0 Å². The van der Waals surface area contributed by atoms with Crippen LogP contribution in [0.1, 0.15) is 37.5 Å². The Labute approximate surface area is 124 Å². The smallest absolute Gasteiger partial charge is 0.216 e. The molecule has 97 valence electrons. The van der Waals surface area contributed by atoms with E-state index in [1.54, 1.807) is 0 Å². The minimum atomic E-state index is -1.45. The second kappa shape index (κ2) is 5.99.